The van der Waals surface area contributed by atoms with Crippen LogP contribution in [0.5, 0.6) is 0 Å². The van der Waals surface area contributed by atoms with Crippen LogP contribution in [-0.2, 0) is 16.9 Å². The molecule has 6 rings (SSSR count). The Balaban J connectivity index is 1.36. The first-order valence-corrected chi connectivity index (χ1v) is 11.5. The maximum absolute atomic E-state index is 12.4. The molecule has 3 aliphatic heterocycles. The molecule has 0 aromatic heterocycles. The second kappa shape index (κ2) is 8.23. The van der Waals surface area contributed by atoms with Crippen LogP contribution < -0.4 is 0 Å². The zero-order valence-corrected chi connectivity index (χ0v) is 18.1. The number of benzene rings is 3. The first kappa shape index (κ1) is 20.4. The van der Waals surface area contributed by atoms with E-state index in [0.29, 0.717) is 6.61 Å². The standard InChI is InChI=1S/C28H32NO2/c30-28(25-12-6-2-7-13-25,26-14-8-3-9-15-26)27-16-19-29(20-17-27,21-18-27)23-31-22-24-10-4-1-5-11-24/h1-15,30H,16-23H2/q+1. The van der Waals surface area contributed by atoms with Gasteiger partial charge in [0.25, 0.3) is 0 Å². The van der Waals surface area contributed by atoms with E-state index in [1.807, 2.05) is 42.5 Å². The molecule has 3 heteroatoms. The summed E-state index contributed by atoms with van der Waals surface area (Å²) in [5.74, 6) is 0. The van der Waals surface area contributed by atoms with Gasteiger partial charge in [0, 0.05) is 24.7 Å². The van der Waals surface area contributed by atoms with Gasteiger partial charge in [-0.05, 0) is 16.7 Å². The smallest absolute Gasteiger partial charge is 0.183 e. The first-order valence-electron chi connectivity index (χ1n) is 11.5. The predicted octanol–water partition coefficient (Wildman–Crippen LogP) is 5.10. The van der Waals surface area contributed by atoms with E-state index >= 15 is 0 Å². The maximum Gasteiger partial charge on any atom is 0.183 e. The zero-order chi connectivity index (χ0) is 21.2. The van der Waals surface area contributed by atoms with Crippen LogP contribution in [0.3, 0.4) is 0 Å². The number of rotatable bonds is 7. The molecule has 3 nitrogen and oxygen atoms in total. The van der Waals surface area contributed by atoms with Crippen molar-refractivity contribution in [3.63, 3.8) is 0 Å². The minimum atomic E-state index is -0.961. The van der Waals surface area contributed by atoms with Crippen molar-refractivity contribution in [3.8, 4) is 0 Å². The van der Waals surface area contributed by atoms with Crippen LogP contribution in [0.25, 0.3) is 0 Å². The van der Waals surface area contributed by atoms with E-state index in [2.05, 4.69) is 48.5 Å². The van der Waals surface area contributed by atoms with Crippen LogP contribution in [0.2, 0.25) is 0 Å². The SMILES string of the molecule is OC(c1ccccc1)(c1ccccc1)C12CC[N+](COCc3ccccc3)(CC1)CC2. The monoisotopic (exact) mass is 414 g/mol. The molecule has 0 aliphatic carbocycles. The summed E-state index contributed by atoms with van der Waals surface area (Å²) in [5.41, 5.74) is 2.17. The Hall–Kier alpha value is -2.46. The second-order valence-corrected chi connectivity index (χ2v) is 9.45. The van der Waals surface area contributed by atoms with Crippen LogP contribution >= 0.6 is 0 Å². The van der Waals surface area contributed by atoms with Crippen molar-refractivity contribution in [2.45, 2.75) is 31.5 Å². The molecule has 0 unspecified atom stereocenters. The maximum atomic E-state index is 12.4. The third kappa shape index (κ3) is 3.61. The van der Waals surface area contributed by atoms with E-state index in [4.69, 9.17) is 4.74 Å². The van der Waals surface area contributed by atoms with E-state index in [-0.39, 0.29) is 5.41 Å². The van der Waals surface area contributed by atoms with Crippen LogP contribution in [0.15, 0.2) is 91.0 Å². The van der Waals surface area contributed by atoms with Crippen molar-refractivity contribution in [1.29, 1.82) is 0 Å². The highest BCUT2D eigenvalue weighted by atomic mass is 16.5. The number of hydrogen-bond donors (Lipinski definition) is 1. The van der Waals surface area contributed by atoms with Crippen LogP contribution in [0.1, 0.15) is 36.0 Å². The normalized spacial score (nSPS) is 25.5. The molecule has 0 atom stereocenters. The Kier molecular flexibility index (Phi) is 5.43. The fourth-order valence-electron chi connectivity index (χ4n) is 5.87. The number of fused-ring (bicyclic) bond motifs is 3. The molecular weight excluding hydrogens is 382 g/mol. The Bertz CT molecular complexity index is 923. The lowest BCUT2D eigenvalue weighted by molar-refractivity contribution is -0.963. The van der Waals surface area contributed by atoms with Crippen LogP contribution in [-0.4, -0.2) is 36.0 Å². The molecular formula is C28H32NO2+. The summed E-state index contributed by atoms with van der Waals surface area (Å²) >= 11 is 0. The van der Waals surface area contributed by atoms with Gasteiger partial charge in [0.05, 0.1) is 26.2 Å². The third-order valence-electron chi connectivity index (χ3n) is 7.82. The number of quaternary nitrogens is 1. The van der Waals surface area contributed by atoms with Gasteiger partial charge in [-0.1, -0.05) is 91.0 Å². The van der Waals surface area contributed by atoms with Crippen LogP contribution in [0.4, 0.5) is 0 Å². The van der Waals surface area contributed by atoms with Crippen molar-refractivity contribution >= 4 is 0 Å². The number of ether oxygens (including phenoxy) is 1. The summed E-state index contributed by atoms with van der Waals surface area (Å²) in [4.78, 5) is 0. The van der Waals surface area contributed by atoms with Gasteiger partial charge in [0.2, 0.25) is 0 Å². The molecule has 0 amide bonds. The third-order valence-corrected chi connectivity index (χ3v) is 7.82. The molecule has 3 aliphatic rings. The van der Waals surface area contributed by atoms with Gasteiger partial charge in [-0.15, -0.1) is 0 Å². The van der Waals surface area contributed by atoms with Crippen molar-refractivity contribution in [3.05, 3.63) is 108 Å². The molecule has 3 aromatic carbocycles. The molecule has 3 aromatic rings. The highest BCUT2D eigenvalue weighted by Crippen LogP contribution is 2.57. The van der Waals surface area contributed by atoms with Gasteiger partial charge in [-0.3, -0.25) is 0 Å². The quantitative estimate of drug-likeness (QED) is 0.545. The summed E-state index contributed by atoms with van der Waals surface area (Å²) in [6, 6.07) is 31.0. The molecule has 160 valence electrons. The summed E-state index contributed by atoms with van der Waals surface area (Å²) in [5, 5.41) is 12.4. The van der Waals surface area contributed by atoms with Gasteiger partial charge < -0.3 is 14.3 Å². The van der Waals surface area contributed by atoms with E-state index in [9.17, 15) is 5.11 Å². The van der Waals surface area contributed by atoms with Gasteiger partial charge in [0.1, 0.15) is 5.60 Å². The Morgan fingerprint density at radius 2 is 1.16 bits per heavy atom. The average molecular weight is 415 g/mol. The minimum Gasteiger partial charge on any atom is -0.380 e. The summed E-state index contributed by atoms with van der Waals surface area (Å²) in [6.07, 6.45) is 3.05. The van der Waals surface area contributed by atoms with Crippen molar-refractivity contribution in [2.75, 3.05) is 26.4 Å². The van der Waals surface area contributed by atoms with Crippen molar-refractivity contribution in [1.82, 2.24) is 0 Å². The minimum absolute atomic E-state index is 0.130. The fourth-order valence-corrected chi connectivity index (χ4v) is 5.87. The fraction of sp³-hybridized carbons (Fsp3) is 0.357. The van der Waals surface area contributed by atoms with E-state index in [1.165, 1.54) is 5.56 Å². The van der Waals surface area contributed by atoms with E-state index < -0.39 is 5.60 Å². The number of hydrogen-bond acceptors (Lipinski definition) is 2. The predicted molar refractivity (Wildman–Crippen MR) is 123 cm³/mol. The summed E-state index contributed by atoms with van der Waals surface area (Å²) in [6.45, 7) is 4.63. The molecule has 31 heavy (non-hydrogen) atoms. The Labute approximate surface area is 185 Å². The molecule has 1 N–H and O–H groups in total. The lowest BCUT2D eigenvalue weighted by Crippen LogP contribution is -2.67. The Morgan fingerprint density at radius 1 is 0.710 bits per heavy atom. The van der Waals surface area contributed by atoms with E-state index in [0.717, 1.165) is 61.2 Å². The molecule has 0 radical (unpaired) electrons. The van der Waals surface area contributed by atoms with Crippen molar-refractivity contribution < 1.29 is 14.3 Å². The lowest BCUT2D eigenvalue weighted by Gasteiger charge is -2.59. The second-order valence-electron chi connectivity index (χ2n) is 9.45. The largest absolute Gasteiger partial charge is 0.380 e. The number of piperidine rings is 3. The number of aliphatic hydroxyl groups is 1. The van der Waals surface area contributed by atoms with Crippen molar-refractivity contribution in [2.24, 2.45) is 5.41 Å². The molecule has 3 fully saturated rings. The molecule has 3 saturated heterocycles. The number of nitrogens with zero attached hydrogens (tertiary/aromatic N) is 1. The lowest BCUT2D eigenvalue weighted by atomic mass is 9.56. The van der Waals surface area contributed by atoms with Gasteiger partial charge in [0.15, 0.2) is 6.73 Å². The molecule has 3 heterocycles. The Morgan fingerprint density at radius 3 is 1.65 bits per heavy atom. The topological polar surface area (TPSA) is 29.5 Å². The van der Waals surface area contributed by atoms with Crippen LogP contribution in [0, 0.1) is 5.41 Å². The van der Waals surface area contributed by atoms with E-state index in [1.54, 1.807) is 0 Å². The highest BCUT2D eigenvalue weighted by Gasteiger charge is 2.60. The summed E-state index contributed by atoms with van der Waals surface area (Å²) in [7, 11) is 0. The first-order chi connectivity index (χ1) is 15.2. The van der Waals surface area contributed by atoms with Gasteiger partial charge in [-0.2, -0.15) is 0 Å². The highest BCUT2D eigenvalue weighted by molar-refractivity contribution is 5.39. The molecule has 0 saturated carbocycles. The van der Waals surface area contributed by atoms with Gasteiger partial charge >= 0.3 is 0 Å². The zero-order valence-electron chi connectivity index (χ0n) is 18.1. The molecule has 0 spiro atoms. The van der Waals surface area contributed by atoms with Gasteiger partial charge in [-0.25, -0.2) is 0 Å². The average Bonchev–Trinajstić information content (AvgIpc) is 2.86. The molecule has 2 bridgehead atoms. The summed E-state index contributed by atoms with van der Waals surface area (Å²) < 4.78 is 7.20.